The van der Waals surface area contributed by atoms with Gasteiger partial charge in [-0.15, -0.1) is 22.7 Å². The maximum absolute atomic E-state index is 5.00. The minimum absolute atomic E-state index is 0.994. The lowest BCUT2D eigenvalue weighted by Crippen LogP contribution is -1.91. The Morgan fingerprint density at radius 3 is 1.60 bits per heavy atom. The van der Waals surface area contributed by atoms with E-state index in [4.69, 9.17) is 9.97 Å². The van der Waals surface area contributed by atoms with Gasteiger partial charge in [-0.2, -0.15) is 0 Å². The lowest BCUT2D eigenvalue weighted by molar-refractivity contribution is 1.15. The largest absolute Gasteiger partial charge is 0.236 e. The van der Waals surface area contributed by atoms with Crippen LogP contribution in [-0.2, 0) is 6.42 Å². The van der Waals surface area contributed by atoms with Gasteiger partial charge in [-0.3, -0.25) is 0 Å². The maximum Gasteiger partial charge on any atom is 0.124 e. The van der Waals surface area contributed by atoms with Gasteiger partial charge < -0.3 is 0 Å². The van der Waals surface area contributed by atoms with E-state index in [1.807, 2.05) is 0 Å². The Morgan fingerprint density at radius 2 is 1.09 bits per heavy atom. The molecule has 0 atom stereocenters. The van der Waals surface area contributed by atoms with Crippen LogP contribution in [0.25, 0.3) is 81.2 Å². The van der Waals surface area contributed by atoms with Gasteiger partial charge in [-0.25, -0.2) is 9.97 Å². The minimum Gasteiger partial charge on any atom is -0.236 e. The van der Waals surface area contributed by atoms with E-state index in [1.165, 1.54) is 58.9 Å². The molecule has 2 aromatic heterocycles. The Balaban J connectivity index is 1.22. The number of fused-ring (bicyclic) bond motifs is 3. The molecular formula is C43H34N2S2. The summed E-state index contributed by atoms with van der Waals surface area (Å²) >= 11 is 3.56. The molecule has 4 heteroatoms. The number of thiazole rings is 2. The predicted molar refractivity (Wildman–Crippen MR) is 205 cm³/mol. The lowest BCUT2D eigenvalue weighted by atomic mass is 9.86. The topological polar surface area (TPSA) is 25.8 Å². The summed E-state index contributed by atoms with van der Waals surface area (Å²) in [4.78, 5) is 11.3. The summed E-state index contributed by atoms with van der Waals surface area (Å²) in [5, 5.41) is 7.17. The third-order valence-corrected chi connectivity index (χ3v) is 11.2. The molecule has 0 aliphatic heterocycles. The van der Waals surface area contributed by atoms with Gasteiger partial charge in [0.05, 0.1) is 15.9 Å². The van der Waals surface area contributed by atoms with Crippen LogP contribution >= 0.6 is 22.7 Å². The van der Waals surface area contributed by atoms with Crippen molar-refractivity contribution in [3.63, 3.8) is 0 Å². The summed E-state index contributed by atoms with van der Waals surface area (Å²) in [6, 6.07) is 42.2. The van der Waals surface area contributed by atoms with Crippen LogP contribution in [-0.4, -0.2) is 9.97 Å². The fourth-order valence-corrected chi connectivity index (χ4v) is 8.63. The number of allylic oxidation sites excluding steroid dienone is 1. The molecule has 0 radical (unpaired) electrons. The van der Waals surface area contributed by atoms with Crippen molar-refractivity contribution in [2.75, 3.05) is 0 Å². The molecule has 2 nitrogen and oxygen atoms in total. The van der Waals surface area contributed by atoms with Crippen LogP contribution in [0.5, 0.6) is 0 Å². The van der Waals surface area contributed by atoms with Crippen LogP contribution in [0.2, 0.25) is 0 Å². The molecule has 0 saturated heterocycles. The number of hydrogen-bond acceptors (Lipinski definition) is 4. The normalized spacial score (nSPS) is 11.8. The highest BCUT2D eigenvalue weighted by Crippen LogP contribution is 2.44. The summed E-state index contributed by atoms with van der Waals surface area (Å²) in [7, 11) is 0. The first-order chi connectivity index (χ1) is 23.1. The fourth-order valence-electron chi connectivity index (χ4n) is 6.56. The van der Waals surface area contributed by atoms with Crippen molar-refractivity contribution in [3.05, 3.63) is 137 Å². The number of benzene rings is 6. The minimum atomic E-state index is 0.994. The predicted octanol–water partition coefficient (Wildman–Crippen LogP) is 13.0. The van der Waals surface area contributed by atoms with E-state index < -0.39 is 0 Å². The summed E-state index contributed by atoms with van der Waals surface area (Å²) in [5.74, 6) is 0. The van der Waals surface area contributed by atoms with Crippen LogP contribution < -0.4 is 0 Å². The van der Waals surface area contributed by atoms with Crippen molar-refractivity contribution in [1.82, 2.24) is 9.97 Å². The van der Waals surface area contributed by atoms with Gasteiger partial charge in [0.2, 0.25) is 0 Å². The van der Waals surface area contributed by atoms with E-state index >= 15 is 0 Å². The third kappa shape index (κ3) is 5.38. The Morgan fingerprint density at radius 1 is 0.574 bits per heavy atom. The van der Waals surface area contributed by atoms with Crippen molar-refractivity contribution in [2.45, 2.75) is 33.6 Å². The van der Waals surface area contributed by atoms with E-state index in [-0.39, 0.29) is 0 Å². The van der Waals surface area contributed by atoms with Gasteiger partial charge in [0.1, 0.15) is 10.0 Å². The molecule has 0 spiro atoms. The zero-order valence-corrected chi connectivity index (χ0v) is 28.4. The maximum atomic E-state index is 5.00. The van der Waals surface area contributed by atoms with E-state index in [0.717, 1.165) is 45.2 Å². The Hall–Kier alpha value is -4.90. The second kappa shape index (κ2) is 12.4. The molecule has 0 fully saturated rings. The number of hydrogen-bond donors (Lipinski definition) is 0. The number of aryl methyl sites for hydroxylation is 2. The van der Waals surface area contributed by atoms with Crippen LogP contribution in [0.15, 0.2) is 121 Å². The number of rotatable bonds is 7. The molecule has 0 aliphatic carbocycles. The summed E-state index contributed by atoms with van der Waals surface area (Å²) in [5.41, 5.74) is 10.7. The molecule has 228 valence electrons. The average molecular weight is 643 g/mol. The van der Waals surface area contributed by atoms with Gasteiger partial charge in [-0.05, 0) is 87.3 Å². The molecule has 0 N–H and O–H groups in total. The van der Waals surface area contributed by atoms with Gasteiger partial charge >= 0.3 is 0 Å². The SMILES string of the molecule is CC/C=C\c1nc(-c2ccc(-c3c4ccccc4c(-c4ccc(-c5nc6ccc(C)cc6s5)cc4)c4ccccc34)cc2)sc1CC. The number of nitrogens with zero attached hydrogens (tertiary/aromatic N) is 2. The fraction of sp³-hybridized carbons (Fsp3) is 0.116. The molecule has 6 aromatic carbocycles. The van der Waals surface area contributed by atoms with Crippen LogP contribution in [0.1, 0.15) is 36.4 Å². The van der Waals surface area contributed by atoms with Crippen molar-refractivity contribution in [2.24, 2.45) is 0 Å². The zero-order chi connectivity index (χ0) is 31.9. The molecule has 47 heavy (non-hydrogen) atoms. The van der Waals surface area contributed by atoms with E-state index in [2.05, 4.69) is 148 Å². The first kappa shape index (κ1) is 29.5. The van der Waals surface area contributed by atoms with Gasteiger partial charge in [0, 0.05) is 16.0 Å². The van der Waals surface area contributed by atoms with Gasteiger partial charge in [0.15, 0.2) is 0 Å². The van der Waals surface area contributed by atoms with Crippen molar-refractivity contribution >= 4 is 60.5 Å². The summed E-state index contributed by atoms with van der Waals surface area (Å²) in [6.07, 6.45) is 6.37. The monoisotopic (exact) mass is 642 g/mol. The van der Waals surface area contributed by atoms with E-state index in [1.54, 1.807) is 22.7 Å². The highest BCUT2D eigenvalue weighted by atomic mass is 32.1. The number of aromatic nitrogens is 2. The highest BCUT2D eigenvalue weighted by molar-refractivity contribution is 7.21. The molecule has 0 bridgehead atoms. The smallest absolute Gasteiger partial charge is 0.124 e. The molecule has 2 heterocycles. The second-order valence-electron chi connectivity index (χ2n) is 12.0. The molecule has 0 saturated carbocycles. The van der Waals surface area contributed by atoms with Crippen molar-refractivity contribution < 1.29 is 0 Å². The third-order valence-electron chi connectivity index (χ3n) is 8.88. The molecule has 0 unspecified atom stereocenters. The molecular weight excluding hydrogens is 609 g/mol. The van der Waals surface area contributed by atoms with Gasteiger partial charge in [0.25, 0.3) is 0 Å². The summed E-state index contributed by atoms with van der Waals surface area (Å²) in [6.45, 7) is 6.51. The average Bonchev–Trinajstić information content (AvgIpc) is 3.74. The van der Waals surface area contributed by atoms with Crippen LogP contribution in [0.3, 0.4) is 0 Å². The Kier molecular flexibility index (Phi) is 7.76. The second-order valence-corrected chi connectivity index (χ2v) is 14.1. The molecule has 8 rings (SSSR count). The Bertz CT molecular complexity index is 2370. The first-order valence-electron chi connectivity index (χ1n) is 16.3. The van der Waals surface area contributed by atoms with Crippen molar-refractivity contribution in [1.29, 1.82) is 0 Å². The summed E-state index contributed by atoms with van der Waals surface area (Å²) < 4.78 is 1.23. The van der Waals surface area contributed by atoms with Crippen LogP contribution in [0, 0.1) is 6.92 Å². The molecule has 0 amide bonds. The standard InChI is InChI=1S/C43H34N2S2/c1-4-6-15-36-38(5-2)46-42(44-36)30-21-17-28(18-22-30)40-32-11-7-9-13-34(32)41(35-14-10-8-12-33(35)40)29-19-23-31(24-20-29)43-45-37-25-16-27(3)26-39(37)47-43/h6-26H,4-5H2,1-3H3/b15-6-. The lowest BCUT2D eigenvalue weighted by Gasteiger charge is -2.18. The molecule has 8 aromatic rings. The van der Waals surface area contributed by atoms with Crippen molar-refractivity contribution in [3.8, 4) is 43.4 Å². The Labute approximate surface area is 283 Å². The quantitative estimate of drug-likeness (QED) is 0.162. The molecule has 0 aliphatic rings. The zero-order valence-electron chi connectivity index (χ0n) is 26.7. The first-order valence-corrected chi connectivity index (χ1v) is 17.9. The highest BCUT2D eigenvalue weighted by Gasteiger charge is 2.17. The van der Waals surface area contributed by atoms with Gasteiger partial charge in [-0.1, -0.05) is 123 Å². The van der Waals surface area contributed by atoms with Crippen LogP contribution in [0.4, 0.5) is 0 Å². The van der Waals surface area contributed by atoms with E-state index in [9.17, 15) is 0 Å². The van der Waals surface area contributed by atoms with E-state index in [0.29, 0.717) is 0 Å².